The minimum atomic E-state index is -0.594. The van der Waals surface area contributed by atoms with Crippen molar-refractivity contribution in [2.45, 2.75) is 0 Å². The van der Waals surface area contributed by atoms with E-state index in [1.54, 1.807) is 12.1 Å². The first-order chi connectivity index (χ1) is 9.51. The van der Waals surface area contributed by atoms with Crippen LogP contribution in [0.2, 0.25) is 10.0 Å². The number of carbonyl (C=O) groups is 1. The van der Waals surface area contributed by atoms with Crippen molar-refractivity contribution >= 4 is 35.2 Å². The number of nitrogens with zero attached hydrogens (tertiary/aromatic N) is 1. The summed E-state index contributed by atoms with van der Waals surface area (Å²) in [6.07, 6.45) is 0.473. The van der Waals surface area contributed by atoms with Gasteiger partial charge in [-0.2, -0.15) is 0 Å². The Balaban J connectivity index is 2.40. The van der Waals surface area contributed by atoms with Gasteiger partial charge < -0.3 is 4.74 Å². The molecule has 5 nitrogen and oxygen atoms in total. The Morgan fingerprint density at radius 2 is 1.85 bits per heavy atom. The average molecular weight is 312 g/mol. The second-order valence-electron chi connectivity index (χ2n) is 3.77. The number of halogens is 2. The Kier molecular flexibility index (Phi) is 4.22. The smallest absolute Gasteiger partial charge is 0.270 e. The molecule has 0 aliphatic heterocycles. The van der Waals surface area contributed by atoms with Crippen LogP contribution in [0.3, 0.4) is 0 Å². The maximum Gasteiger partial charge on any atom is 0.270 e. The molecule has 0 atom stereocenters. The summed E-state index contributed by atoms with van der Waals surface area (Å²) in [7, 11) is 0. The van der Waals surface area contributed by atoms with Crippen LogP contribution in [0.1, 0.15) is 10.4 Å². The Labute approximate surface area is 123 Å². The summed E-state index contributed by atoms with van der Waals surface area (Å²) >= 11 is 11.8. The maximum absolute atomic E-state index is 11.0. The Morgan fingerprint density at radius 1 is 1.10 bits per heavy atom. The predicted octanol–water partition coefficient (Wildman–Crippen LogP) is 4.51. The lowest BCUT2D eigenvalue weighted by Crippen LogP contribution is -1.94. The average Bonchev–Trinajstić information content (AvgIpc) is 2.43. The molecule has 0 unspecified atom stereocenters. The SMILES string of the molecule is O=Cc1cc([N+](=O)[O-])ccc1Oc1cc(Cl)ccc1Cl. The number of ether oxygens (including phenoxy) is 1. The van der Waals surface area contributed by atoms with Crippen LogP contribution in [0.15, 0.2) is 36.4 Å². The maximum atomic E-state index is 11.0. The van der Waals surface area contributed by atoms with Crippen molar-refractivity contribution in [3.63, 3.8) is 0 Å². The third-order valence-corrected chi connectivity index (χ3v) is 2.99. The van der Waals surface area contributed by atoms with E-state index < -0.39 is 4.92 Å². The van der Waals surface area contributed by atoms with Crippen LogP contribution < -0.4 is 4.74 Å². The molecule has 2 aromatic rings. The molecule has 0 aliphatic carbocycles. The van der Waals surface area contributed by atoms with E-state index in [4.69, 9.17) is 27.9 Å². The fourth-order valence-electron chi connectivity index (χ4n) is 1.51. The highest BCUT2D eigenvalue weighted by Gasteiger charge is 2.13. The molecule has 0 N–H and O–H groups in total. The molecule has 0 saturated carbocycles. The van der Waals surface area contributed by atoms with Crippen molar-refractivity contribution in [2.75, 3.05) is 0 Å². The van der Waals surface area contributed by atoms with Crippen molar-refractivity contribution < 1.29 is 14.5 Å². The first kappa shape index (κ1) is 14.3. The van der Waals surface area contributed by atoms with E-state index in [-0.39, 0.29) is 22.7 Å². The summed E-state index contributed by atoms with van der Waals surface area (Å²) in [5.41, 5.74) is -0.146. The molecule has 0 amide bonds. The Hall–Kier alpha value is -2.11. The summed E-state index contributed by atoms with van der Waals surface area (Å²) in [5, 5.41) is 11.4. The van der Waals surface area contributed by atoms with E-state index in [9.17, 15) is 14.9 Å². The van der Waals surface area contributed by atoms with Crippen molar-refractivity contribution in [1.29, 1.82) is 0 Å². The van der Waals surface area contributed by atoms with E-state index in [1.807, 2.05) is 0 Å². The standard InChI is InChI=1S/C13H7Cl2NO4/c14-9-1-3-11(15)13(6-9)20-12-4-2-10(16(18)19)5-8(12)7-17/h1-7H. The van der Waals surface area contributed by atoms with Crippen LogP contribution in [0, 0.1) is 10.1 Å². The van der Waals surface area contributed by atoms with Gasteiger partial charge in [-0.3, -0.25) is 14.9 Å². The minimum Gasteiger partial charge on any atom is -0.455 e. The lowest BCUT2D eigenvalue weighted by molar-refractivity contribution is -0.384. The zero-order chi connectivity index (χ0) is 14.7. The molecule has 2 aromatic carbocycles. The van der Waals surface area contributed by atoms with Crippen LogP contribution in [0.5, 0.6) is 11.5 Å². The number of aldehydes is 1. The van der Waals surface area contributed by atoms with Gasteiger partial charge in [-0.25, -0.2) is 0 Å². The highest BCUT2D eigenvalue weighted by Crippen LogP contribution is 2.34. The van der Waals surface area contributed by atoms with Crippen molar-refractivity contribution in [1.82, 2.24) is 0 Å². The molecular weight excluding hydrogens is 305 g/mol. The number of benzene rings is 2. The number of carbonyl (C=O) groups excluding carboxylic acids is 1. The van der Waals surface area contributed by atoms with Gasteiger partial charge in [-0.1, -0.05) is 23.2 Å². The number of rotatable bonds is 4. The fourth-order valence-corrected chi connectivity index (χ4v) is 1.83. The van der Waals surface area contributed by atoms with Gasteiger partial charge >= 0.3 is 0 Å². The third-order valence-electron chi connectivity index (χ3n) is 2.44. The van der Waals surface area contributed by atoms with Crippen LogP contribution in [0.4, 0.5) is 5.69 Å². The van der Waals surface area contributed by atoms with Crippen LogP contribution in [0.25, 0.3) is 0 Å². The van der Waals surface area contributed by atoms with E-state index in [1.165, 1.54) is 18.2 Å². The molecule has 0 aromatic heterocycles. The van der Waals surface area contributed by atoms with Gasteiger partial charge in [0.15, 0.2) is 6.29 Å². The predicted molar refractivity (Wildman–Crippen MR) is 75.0 cm³/mol. The van der Waals surface area contributed by atoms with E-state index >= 15 is 0 Å². The summed E-state index contributed by atoms with van der Waals surface area (Å²) < 4.78 is 5.48. The van der Waals surface area contributed by atoms with Gasteiger partial charge in [0.25, 0.3) is 5.69 Å². The molecule has 0 fully saturated rings. The number of non-ortho nitro benzene ring substituents is 1. The molecule has 102 valence electrons. The van der Waals surface area contributed by atoms with Gasteiger partial charge in [0.2, 0.25) is 0 Å². The number of nitro benzene ring substituents is 1. The molecular formula is C13H7Cl2NO4. The summed E-state index contributed by atoms with van der Waals surface area (Å²) in [4.78, 5) is 21.0. The number of hydrogen-bond acceptors (Lipinski definition) is 4. The van der Waals surface area contributed by atoms with Crippen molar-refractivity contribution in [3.8, 4) is 11.5 Å². The minimum absolute atomic E-state index is 0.0512. The first-order valence-electron chi connectivity index (χ1n) is 5.38. The molecule has 20 heavy (non-hydrogen) atoms. The molecule has 0 heterocycles. The van der Waals surface area contributed by atoms with Gasteiger partial charge in [0.05, 0.1) is 15.5 Å². The van der Waals surface area contributed by atoms with Crippen LogP contribution in [-0.4, -0.2) is 11.2 Å². The molecule has 0 bridgehead atoms. The van der Waals surface area contributed by atoms with Crippen LogP contribution >= 0.6 is 23.2 Å². The monoisotopic (exact) mass is 311 g/mol. The quantitative estimate of drug-likeness (QED) is 0.473. The van der Waals surface area contributed by atoms with Gasteiger partial charge in [0.1, 0.15) is 11.5 Å². The lowest BCUT2D eigenvalue weighted by atomic mass is 10.2. The topological polar surface area (TPSA) is 69.4 Å². The third kappa shape index (κ3) is 3.07. The second-order valence-corrected chi connectivity index (χ2v) is 4.62. The summed E-state index contributed by atoms with van der Waals surface area (Å²) in [5.74, 6) is 0.422. The van der Waals surface area contributed by atoms with Crippen molar-refractivity contribution in [3.05, 3.63) is 62.1 Å². The largest absolute Gasteiger partial charge is 0.455 e. The Bertz CT molecular complexity index is 688. The number of nitro groups is 1. The van der Waals surface area contributed by atoms with E-state index in [2.05, 4.69) is 0 Å². The van der Waals surface area contributed by atoms with E-state index in [0.29, 0.717) is 16.3 Å². The van der Waals surface area contributed by atoms with Gasteiger partial charge in [0, 0.05) is 23.2 Å². The molecule has 2 rings (SSSR count). The fraction of sp³-hybridized carbons (Fsp3) is 0. The van der Waals surface area contributed by atoms with E-state index in [0.717, 1.165) is 6.07 Å². The molecule has 0 radical (unpaired) electrons. The van der Waals surface area contributed by atoms with Gasteiger partial charge in [-0.05, 0) is 18.2 Å². The zero-order valence-electron chi connectivity index (χ0n) is 9.88. The highest BCUT2D eigenvalue weighted by atomic mass is 35.5. The molecule has 0 aliphatic rings. The Morgan fingerprint density at radius 3 is 2.50 bits per heavy atom. The normalized spacial score (nSPS) is 10.1. The molecule has 7 heteroatoms. The van der Waals surface area contributed by atoms with Gasteiger partial charge in [-0.15, -0.1) is 0 Å². The second kappa shape index (κ2) is 5.90. The first-order valence-corrected chi connectivity index (χ1v) is 6.13. The zero-order valence-corrected chi connectivity index (χ0v) is 11.4. The lowest BCUT2D eigenvalue weighted by Gasteiger charge is -2.09. The van der Waals surface area contributed by atoms with Crippen LogP contribution in [-0.2, 0) is 0 Å². The van der Waals surface area contributed by atoms with Crippen molar-refractivity contribution in [2.24, 2.45) is 0 Å². The highest BCUT2D eigenvalue weighted by molar-refractivity contribution is 6.34. The summed E-state index contributed by atoms with van der Waals surface area (Å²) in [6, 6.07) is 8.32. The molecule has 0 saturated heterocycles. The molecule has 0 spiro atoms. The number of hydrogen-bond donors (Lipinski definition) is 0. The summed E-state index contributed by atoms with van der Waals surface area (Å²) in [6.45, 7) is 0.